The molecule has 0 radical (unpaired) electrons. The molecular formula is C21H18ClFN4O4. The van der Waals surface area contributed by atoms with Gasteiger partial charge in [0.15, 0.2) is 0 Å². The van der Waals surface area contributed by atoms with Crippen LogP contribution in [0.1, 0.15) is 16.1 Å². The van der Waals surface area contributed by atoms with Crippen LogP contribution in [0.4, 0.5) is 15.8 Å². The highest BCUT2D eigenvalue weighted by atomic mass is 35.5. The maximum Gasteiger partial charge on any atom is 0.292 e. The number of benzene rings is 2. The minimum Gasteiger partial charge on any atom is -0.362 e. The summed E-state index contributed by atoms with van der Waals surface area (Å²) in [6, 6.07) is 10.7. The second-order valence-corrected chi connectivity index (χ2v) is 7.49. The van der Waals surface area contributed by atoms with Crippen LogP contribution in [0.2, 0.25) is 5.02 Å². The molecule has 0 atom stereocenters. The summed E-state index contributed by atoms with van der Waals surface area (Å²) in [5.74, 6) is -0.688. The van der Waals surface area contributed by atoms with Gasteiger partial charge >= 0.3 is 0 Å². The number of anilines is 1. The van der Waals surface area contributed by atoms with Crippen LogP contribution in [0, 0.1) is 22.9 Å². The molecule has 4 rings (SSSR count). The first-order chi connectivity index (χ1) is 14.9. The Morgan fingerprint density at radius 3 is 2.55 bits per heavy atom. The van der Waals surface area contributed by atoms with Crippen molar-refractivity contribution in [2.24, 2.45) is 0 Å². The molecule has 160 valence electrons. The minimum atomic E-state index is -0.601. The molecule has 1 aromatic heterocycles. The fourth-order valence-electron chi connectivity index (χ4n) is 3.71. The van der Waals surface area contributed by atoms with E-state index in [2.05, 4.69) is 5.16 Å². The van der Waals surface area contributed by atoms with Crippen molar-refractivity contribution in [2.75, 3.05) is 31.1 Å². The molecule has 1 saturated heterocycles. The number of para-hydroxylation sites is 2. The van der Waals surface area contributed by atoms with Gasteiger partial charge in [0.05, 0.1) is 15.5 Å². The van der Waals surface area contributed by atoms with Gasteiger partial charge in [0.1, 0.15) is 28.5 Å². The van der Waals surface area contributed by atoms with Gasteiger partial charge in [-0.2, -0.15) is 0 Å². The van der Waals surface area contributed by atoms with E-state index >= 15 is 0 Å². The number of rotatable bonds is 4. The van der Waals surface area contributed by atoms with Gasteiger partial charge in [-0.1, -0.05) is 35.0 Å². The smallest absolute Gasteiger partial charge is 0.292 e. The fraction of sp³-hybridized carbons (Fsp3) is 0.238. The molecule has 1 aliphatic heterocycles. The van der Waals surface area contributed by atoms with Crippen LogP contribution >= 0.6 is 11.6 Å². The van der Waals surface area contributed by atoms with E-state index in [1.807, 2.05) is 4.90 Å². The largest absolute Gasteiger partial charge is 0.362 e. The first kappa shape index (κ1) is 20.8. The van der Waals surface area contributed by atoms with Gasteiger partial charge in [-0.15, -0.1) is 0 Å². The molecule has 31 heavy (non-hydrogen) atoms. The number of hydrogen-bond acceptors (Lipinski definition) is 6. The number of nitro benzene ring substituents is 1. The first-order valence-electron chi connectivity index (χ1n) is 9.56. The summed E-state index contributed by atoms with van der Waals surface area (Å²) in [4.78, 5) is 27.6. The van der Waals surface area contributed by atoms with Crippen molar-refractivity contribution in [3.05, 3.63) is 74.7 Å². The maximum atomic E-state index is 14.4. The van der Waals surface area contributed by atoms with Crippen molar-refractivity contribution in [2.45, 2.75) is 6.92 Å². The van der Waals surface area contributed by atoms with Crippen molar-refractivity contribution < 1.29 is 18.6 Å². The molecule has 1 fully saturated rings. The summed E-state index contributed by atoms with van der Waals surface area (Å²) in [6.07, 6.45) is 0. The zero-order valence-electron chi connectivity index (χ0n) is 16.5. The number of aromatic nitrogens is 1. The predicted molar refractivity (Wildman–Crippen MR) is 113 cm³/mol. The van der Waals surface area contributed by atoms with Crippen molar-refractivity contribution in [1.29, 1.82) is 0 Å². The third-order valence-electron chi connectivity index (χ3n) is 5.26. The lowest BCUT2D eigenvalue weighted by molar-refractivity contribution is -0.384. The molecule has 0 spiro atoms. The number of amides is 1. The Balaban J connectivity index is 1.57. The molecule has 0 bridgehead atoms. The van der Waals surface area contributed by atoms with Crippen LogP contribution in [0.15, 0.2) is 47.0 Å². The van der Waals surface area contributed by atoms with Gasteiger partial charge in [0.2, 0.25) is 0 Å². The SMILES string of the molecule is Cc1onc(-c2c(F)cccc2Cl)c1C(=O)N1CCN(c2ccccc2[N+](=O)[O-])CC1. The van der Waals surface area contributed by atoms with E-state index < -0.39 is 10.7 Å². The molecule has 2 aromatic carbocycles. The Morgan fingerprint density at radius 2 is 1.87 bits per heavy atom. The molecule has 0 N–H and O–H groups in total. The molecule has 3 aromatic rings. The predicted octanol–water partition coefficient (Wildman–Crippen LogP) is 4.31. The normalized spacial score (nSPS) is 14.0. The Bertz CT molecular complexity index is 1140. The maximum absolute atomic E-state index is 14.4. The first-order valence-corrected chi connectivity index (χ1v) is 9.94. The number of halogens is 2. The van der Waals surface area contributed by atoms with Gasteiger partial charge in [0, 0.05) is 32.2 Å². The Labute approximate surface area is 181 Å². The van der Waals surface area contributed by atoms with Crippen molar-refractivity contribution in [1.82, 2.24) is 10.1 Å². The number of carbonyl (C=O) groups is 1. The van der Waals surface area contributed by atoms with E-state index in [0.717, 1.165) is 0 Å². The topological polar surface area (TPSA) is 92.7 Å². The number of piperazine rings is 1. The molecular weight excluding hydrogens is 427 g/mol. The standard InChI is InChI=1S/C21H18ClFN4O4/c1-13-18(20(24-31-13)19-14(22)5-4-6-15(19)23)21(28)26-11-9-25(10-12-26)16-7-2-3-8-17(16)27(29)30/h2-8H,9-12H2,1H3. The van der Waals surface area contributed by atoms with Crippen LogP contribution in [-0.4, -0.2) is 47.1 Å². The van der Waals surface area contributed by atoms with E-state index in [0.29, 0.717) is 31.9 Å². The Kier molecular flexibility index (Phi) is 5.60. The van der Waals surface area contributed by atoms with Crippen LogP contribution in [0.5, 0.6) is 0 Å². The zero-order chi connectivity index (χ0) is 22.1. The third-order valence-corrected chi connectivity index (χ3v) is 5.58. The lowest BCUT2D eigenvalue weighted by Crippen LogP contribution is -2.49. The lowest BCUT2D eigenvalue weighted by Gasteiger charge is -2.35. The average molecular weight is 445 g/mol. The summed E-state index contributed by atoms with van der Waals surface area (Å²) in [7, 11) is 0. The minimum absolute atomic E-state index is 0.0166. The molecule has 0 aliphatic carbocycles. The van der Waals surface area contributed by atoms with Crippen LogP contribution in [-0.2, 0) is 0 Å². The quantitative estimate of drug-likeness (QED) is 0.439. The monoisotopic (exact) mass is 444 g/mol. The lowest BCUT2D eigenvalue weighted by atomic mass is 10.0. The summed E-state index contributed by atoms with van der Waals surface area (Å²) < 4.78 is 19.6. The number of nitro groups is 1. The van der Waals surface area contributed by atoms with E-state index in [4.69, 9.17) is 16.1 Å². The van der Waals surface area contributed by atoms with Gasteiger partial charge in [-0.3, -0.25) is 14.9 Å². The van der Waals surface area contributed by atoms with Gasteiger partial charge in [-0.25, -0.2) is 4.39 Å². The highest BCUT2D eigenvalue weighted by molar-refractivity contribution is 6.33. The molecule has 1 aliphatic rings. The molecule has 1 amide bonds. The van der Waals surface area contributed by atoms with Crippen molar-refractivity contribution >= 4 is 28.9 Å². The van der Waals surface area contributed by atoms with E-state index in [1.54, 1.807) is 30.0 Å². The number of hydrogen-bond donors (Lipinski definition) is 0. The van der Waals surface area contributed by atoms with Crippen LogP contribution < -0.4 is 4.90 Å². The summed E-state index contributed by atoms with van der Waals surface area (Å²) >= 11 is 6.15. The Hall–Kier alpha value is -3.46. The number of aryl methyl sites for hydroxylation is 1. The average Bonchev–Trinajstić information content (AvgIpc) is 3.14. The van der Waals surface area contributed by atoms with Gasteiger partial charge < -0.3 is 14.3 Å². The van der Waals surface area contributed by atoms with Gasteiger partial charge in [-0.05, 0) is 25.1 Å². The summed E-state index contributed by atoms with van der Waals surface area (Å²) in [5.41, 5.74) is 0.772. The highest BCUT2D eigenvalue weighted by Gasteiger charge is 2.31. The second-order valence-electron chi connectivity index (χ2n) is 7.08. The number of carbonyl (C=O) groups excluding carboxylic acids is 1. The van der Waals surface area contributed by atoms with E-state index in [9.17, 15) is 19.3 Å². The fourth-order valence-corrected chi connectivity index (χ4v) is 3.97. The highest BCUT2D eigenvalue weighted by Crippen LogP contribution is 2.34. The number of nitrogens with zero attached hydrogens (tertiary/aromatic N) is 4. The summed E-state index contributed by atoms with van der Waals surface area (Å²) in [6.45, 7) is 3.08. The molecule has 8 nitrogen and oxygen atoms in total. The molecule has 2 heterocycles. The zero-order valence-corrected chi connectivity index (χ0v) is 17.3. The third kappa shape index (κ3) is 3.84. The van der Waals surface area contributed by atoms with Crippen molar-refractivity contribution in [3.63, 3.8) is 0 Å². The summed E-state index contributed by atoms with van der Waals surface area (Å²) in [5, 5.41) is 15.3. The molecule has 0 unspecified atom stereocenters. The molecule has 0 saturated carbocycles. The Morgan fingerprint density at radius 1 is 1.16 bits per heavy atom. The van der Waals surface area contributed by atoms with Crippen LogP contribution in [0.25, 0.3) is 11.3 Å². The van der Waals surface area contributed by atoms with Crippen molar-refractivity contribution in [3.8, 4) is 11.3 Å². The molecule has 10 heteroatoms. The second kappa shape index (κ2) is 8.35. The van der Waals surface area contributed by atoms with Gasteiger partial charge in [0.25, 0.3) is 11.6 Å². The van der Waals surface area contributed by atoms with E-state index in [1.165, 1.54) is 24.3 Å². The van der Waals surface area contributed by atoms with Crippen LogP contribution in [0.3, 0.4) is 0 Å². The van der Waals surface area contributed by atoms with E-state index in [-0.39, 0.29) is 39.2 Å².